The van der Waals surface area contributed by atoms with Gasteiger partial charge in [-0.3, -0.25) is 0 Å². The summed E-state index contributed by atoms with van der Waals surface area (Å²) in [6.45, 7) is 0. The van der Waals surface area contributed by atoms with Gasteiger partial charge in [0.1, 0.15) is 10.7 Å². The average molecular weight is 272 g/mol. The summed E-state index contributed by atoms with van der Waals surface area (Å²) in [5.74, 6) is -1.21. The predicted octanol–water partition coefficient (Wildman–Crippen LogP) is 4.41. The van der Waals surface area contributed by atoms with Crippen molar-refractivity contribution in [3.63, 3.8) is 0 Å². The molecule has 0 aliphatic heterocycles. The number of carboxylic acid groups (broad SMARTS) is 1. The highest BCUT2D eigenvalue weighted by Gasteiger charge is 2.12. The quantitative estimate of drug-likeness (QED) is 0.750. The Balaban J connectivity index is 2.24. The Bertz CT molecular complexity index is 777. The van der Waals surface area contributed by atoms with Crippen molar-refractivity contribution in [3.05, 3.63) is 59.2 Å². The smallest absolute Gasteiger partial charge is 0.345 e. The van der Waals surface area contributed by atoms with Gasteiger partial charge in [0.25, 0.3) is 0 Å². The number of rotatable bonds is 2. The van der Waals surface area contributed by atoms with Crippen LogP contribution in [0.3, 0.4) is 0 Å². The standard InChI is InChI=1S/C15H9FO2S/c16-12-6-5-11(9-3-1-2-4-10(9)12)13-7-8-14(19-13)15(17)18/h1-8H,(H,17,18). The largest absolute Gasteiger partial charge is 0.477 e. The van der Waals surface area contributed by atoms with Crippen LogP contribution in [0.4, 0.5) is 4.39 Å². The highest BCUT2D eigenvalue weighted by atomic mass is 32.1. The Morgan fingerprint density at radius 3 is 2.42 bits per heavy atom. The number of carbonyl (C=O) groups is 1. The predicted molar refractivity (Wildman–Crippen MR) is 74.2 cm³/mol. The van der Waals surface area contributed by atoms with Crippen LogP contribution in [0.5, 0.6) is 0 Å². The van der Waals surface area contributed by atoms with Crippen LogP contribution in [0.25, 0.3) is 21.2 Å². The van der Waals surface area contributed by atoms with E-state index >= 15 is 0 Å². The van der Waals surface area contributed by atoms with Gasteiger partial charge in [-0.25, -0.2) is 9.18 Å². The molecule has 0 saturated carbocycles. The van der Waals surface area contributed by atoms with E-state index in [0.29, 0.717) is 5.39 Å². The summed E-state index contributed by atoms with van der Waals surface area (Å²) in [5.41, 5.74) is 0.856. The van der Waals surface area contributed by atoms with Crippen LogP contribution in [-0.2, 0) is 0 Å². The molecule has 0 unspecified atom stereocenters. The van der Waals surface area contributed by atoms with Crippen molar-refractivity contribution in [2.75, 3.05) is 0 Å². The fourth-order valence-corrected chi connectivity index (χ4v) is 2.96. The third-order valence-corrected chi connectivity index (χ3v) is 4.06. The van der Waals surface area contributed by atoms with Crippen molar-refractivity contribution in [1.29, 1.82) is 0 Å². The lowest BCUT2D eigenvalue weighted by atomic mass is 10.0. The minimum atomic E-state index is -0.942. The summed E-state index contributed by atoms with van der Waals surface area (Å²) in [6.07, 6.45) is 0. The molecule has 0 aliphatic carbocycles. The lowest BCUT2D eigenvalue weighted by Gasteiger charge is -2.05. The maximum Gasteiger partial charge on any atom is 0.345 e. The summed E-state index contributed by atoms with van der Waals surface area (Å²) in [5, 5.41) is 10.3. The summed E-state index contributed by atoms with van der Waals surface area (Å²) < 4.78 is 13.7. The molecule has 1 heterocycles. The first-order chi connectivity index (χ1) is 9.16. The minimum Gasteiger partial charge on any atom is -0.477 e. The van der Waals surface area contributed by atoms with E-state index in [9.17, 15) is 9.18 Å². The van der Waals surface area contributed by atoms with Gasteiger partial charge in [0.2, 0.25) is 0 Å². The van der Waals surface area contributed by atoms with Crippen LogP contribution in [0.15, 0.2) is 48.5 Å². The molecule has 0 radical (unpaired) electrons. The Morgan fingerprint density at radius 2 is 1.74 bits per heavy atom. The van der Waals surface area contributed by atoms with E-state index in [1.54, 1.807) is 30.3 Å². The number of halogens is 1. The minimum absolute atomic E-state index is 0.269. The lowest BCUT2D eigenvalue weighted by molar-refractivity contribution is 0.0702. The van der Waals surface area contributed by atoms with Gasteiger partial charge in [0, 0.05) is 10.3 Å². The Kier molecular flexibility index (Phi) is 2.80. The maximum absolute atomic E-state index is 13.7. The number of aromatic carboxylic acids is 1. The molecule has 1 N–H and O–H groups in total. The van der Waals surface area contributed by atoms with Crippen LogP contribution >= 0.6 is 11.3 Å². The van der Waals surface area contributed by atoms with Gasteiger partial charge in [0.05, 0.1) is 0 Å². The molecular weight excluding hydrogens is 263 g/mol. The molecule has 0 spiro atoms. The lowest BCUT2D eigenvalue weighted by Crippen LogP contribution is -1.89. The van der Waals surface area contributed by atoms with E-state index in [2.05, 4.69) is 0 Å². The molecule has 2 aromatic carbocycles. The number of benzene rings is 2. The molecule has 3 rings (SSSR count). The maximum atomic E-state index is 13.7. The molecular formula is C15H9FO2S. The van der Waals surface area contributed by atoms with Crippen LogP contribution in [0.1, 0.15) is 9.67 Å². The van der Waals surface area contributed by atoms with E-state index in [0.717, 1.165) is 15.8 Å². The normalized spacial score (nSPS) is 10.8. The second-order valence-electron chi connectivity index (χ2n) is 4.11. The van der Waals surface area contributed by atoms with Gasteiger partial charge in [-0.1, -0.05) is 30.3 Å². The average Bonchev–Trinajstić information content (AvgIpc) is 2.89. The SMILES string of the molecule is O=C(O)c1ccc(-c2ccc(F)c3ccccc23)s1. The van der Waals surface area contributed by atoms with Crippen LogP contribution in [-0.4, -0.2) is 11.1 Å². The van der Waals surface area contributed by atoms with Gasteiger partial charge in [-0.05, 0) is 29.1 Å². The van der Waals surface area contributed by atoms with Gasteiger partial charge in [-0.2, -0.15) is 0 Å². The molecule has 4 heteroatoms. The molecule has 1 aromatic heterocycles. The first-order valence-corrected chi connectivity index (χ1v) is 6.49. The van der Waals surface area contributed by atoms with Crippen LogP contribution in [0, 0.1) is 5.82 Å². The van der Waals surface area contributed by atoms with Gasteiger partial charge >= 0.3 is 5.97 Å². The van der Waals surface area contributed by atoms with Crippen LogP contribution < -0.4 is 0 Å². The zero-order chi connectivity index (χ0) is 13.4. The molecule has 0 bridgehead atoms. The Morgan fingerprint density at radius 1 is 1.00 bits per heavy atom. The van der Waals surface area contributed by atoms with Crippen molar-refractivity contribution in [1.82, 2.24) is 0 Å². The topological polar surface area (TPSA) is 37.3 Å². The number of carboxylic acids is 1. The molecule has 0 aliphatic rings. The molecule has 0 amide bonds. The van der Waals surface area contributed by atoms with E-state index in [1.165, 1.54) is 17.4 Å². The van der Waals surface area contributed by atoms with Crippen molar-refractivity contribution >= 4 is 28.1 Å². The molecule has 0 fully saturated rings. The fourth-order valence-electron chi connectivity index (χ4n) is 2.07. The molecule has 0 saturated heterocycles. The van der Waals surface area contributed by atoms with Crippen molar-refractivity contribution in [2.45, 2.75) is 0 Å². The first kappa shape index (κ1) is 11.9. The summed E-state index contributed by atoms with van der Waals surface area (Å²) in [4.78, 5) is 12.0. The zero-order valence-electron chi connectivity index (χ0n) is 9.76. The number of fused-ring (bicyclic) bond motifs is 1. The Hall–Kier alpha value is -2.20. The van der Waals surface area contributed by atoms with Crippen molar-refractivity contribution < 1.29 is 14.3 Å². The van der Waals surface area contributed by atoms with Gasteiger partial charge in [-0.15, -0.1) is 11.3 Å². The zero-order valence-corrected chi connectivity index (χ0v) is 10.6. The molecule has 19 heavy (non-hydrogen) atoms. The molecule has 2 nitrogen and oxygen atoms in total. The third kappa shape index (κ3) is 2.00. The van der Waals surface area contributed by atoms with Crippen molar-refractivity contribution in [2.24, 2.45) is 0 Å². The summed E-state index contributed by atoms with van der Waals surface area (Å²) in [7, 11) is 0. The number of thiophene rings is 1. The number of hydrogen-bond donors (Lipinski definition) is 1. The highest BCUT2D eigenvalue weighted by molar-refractivity contribution is 7.17. The monoisotopic (exact) mass is 272 g/mol. The van der Waals surface area contributed by atoms with E-state index < -0.39 is 5.97 Å². The van der Waals surface area contributed by atoms with Gasteiger partial charge in [0.15, 0.2) is 0 Å². The third-order valence-electron chi connectivity index (χ3n) is 2.95. The molecule has 0 atom stereocenters. The van der Waals surface area contributed by atoms with Gasteiger partial charge < -0.3 is 5.11 Å². The van der Waals surface area contributed by atoms with E-state index in [4.69, 9.17) is 5.11 Å². The second kappa shape index (κ2) is 4.48. The van der Waals surface area contributed by atoms with Crippen molar-refractivity contribution in [3.8, 4) is 10.4 Å². The highest BCUT2D eigenvalue weighted by Crippen LogP contribution is 2.34. The van der Waals surface area contributed by atoms with E-state index in [1.807, 2.05) is 12.1 Å². The first-order valence-electron chi connectivity index (χ1n) is 5.67. The molecule has 94 valence electrons. The Labute approximate surface area is 112 Å². The second-order valence-corrected chi connectivity index (χ2v) is 5.19. The fraction of sp³-hybridized carbons (Fsp3) is 0. The summed E-state index contributed by atoms with van der Waals surface area (Å²) in [6, 6.07) is 13.6. The molecule has 3 aromatic rings. The van der Waals surface area contributed by atoms with E-state index in [-0.39, 0.29) is 10.7 Å². The van der Waals surface area contributed by atoms with Crippen LogP contribution in [0.2, 0.25) is 0 Å². The summed E-state index contributed by atoms with van der Waals surface area (Å²) >= 11 is 1.19. The number of hydrogen-bond acceptors (Lipinski definition) is 2.